The monoisotopic (exact) mass is 328 g/mol. The van der Waals surface area contributed by atoms with Gasteiger partial charge in [0, 0.05) is 19.3 Å². The zero-order valence-electron chi connectivity index (χ0n) is 13.5. The summed E-state index contributed by atoms with van der Waals surface area (Å²) in [6, 6.07) is 7.33. The van der Waals surface area contributed by atoms with E-state index in [0.717, 1.165) is 5.56 Å². The predicted molar refractivity (Wildman–Crippen MR) is 89.8 cm³/mol. The maximum Gasteiger partial charge on any atom is 0.306 e. The van der Waals surface area contributed by atoms with Crippen LogP contribution < -0.4 is 11.1 Å². The topological polar surface area (TPSA) is 119 Å². The average molecular weight is 328 g/mol. The Morgan fingerprint density at radius 1 is 1.42 bits per heavy atom. The first-order valence-corrected chi connectivity index (χ1v) is 7.67. The second-order valence-corrected chi connectivity index (χ2v) is 5.81. The Kier molecular flexibility index (Phi) is 5.42. The van der Waals surface area contributed by atoms with E-state index in [1.54, 1.807) is 12.1 Å². The molecule has 1 aromatic rings. The second kappa shape index (κ2) is 7.51. The van der Waals surface area contributed by atoms with Crippen LogP contribution in [-0.4, -0.2) is 35.0 Å². The van der Waals surface area contributed by atoms with E-state index < -0.39 is 17.8 Å². The van der Waals surface area contributed by atoms with Crippen LogP contribution in [-0.2, 0) is 9.59 Å². The molecule has 0 atom stereocenters. The standard InChI is InChI=1S/C17H20N4O3/c1-11-2-3-15(14(19)8-11)20-10-13(9-18)16(22)21-6-4-12(5-7-21)17(23)24/h2-3,8,10,12,20H,4-7,19H2,1H3,(H,23,24)/b13-10-. The van der Waals surface area contributed by atoms with Gasteiger partial charge in [-0.05, 0) is 37.5 Å². The van der Waals surface area contributed by atoms with Gasteiger partial charge in [0.1, 0.15) is 11.6 Å². The number of hydrogen-bond donors (Lipinski definition) is 3. The van der Waals surface area contributed by atoms with Crippen molar-refractivity contribution in [2.45, 2.75) is 19.8 Å². The molecule has 0 unspecified atom stereocenters. The molecular weight excluding hydrogens is 308 g/mol. The number of carbonyl (C=O) groups is 2. The Morgan fingerprint density at radius 3 is 2.62 bits per heavy atom. The lowest BCUT2D eigenvalue weighted by atomic mass is 9.97. The molecule has 0 saturated carbocycles. The minimum atomic E-state index is -0.838. The zero-order valence-corrected chi connectivity index (χ0v) is 13.5. The largest absolute Gasteiger partial charge is 0.481 e. The number of nitrogens with two attached hydrogens (primary N) is 1. The molecule has 4 N–H and O–H groups in total. The number of likely N-dealkylation sites (tertiary alicyclic amines) is 1. The van der Waals surface area contributed by atoms with Crippen molar-refractivity contribution in [1.82, 2.24) is 4.90 Å². The van der Waals surface area contributed by atoms with Gasteiger partial charge in [0.05, 0.1) is 17.3 Å². The van der Waals surface area contributed by atoms with Crippen molar-refractivity contribution in [3.05, 3.63) is 35.5 Å². The van der Waals surface area contributed by atoms with Crippen LogP contribution in [0.3, 0.4) is 0 Å². The van der Waals surface area contributed by atoms with Gasteiger partial charge in [0.15, 0.2) is 0 Å². The molecule has 7 heteroatoms. The van der Waals surface area contributed by atoms with Gasteiger partial charge >= 0.3 is 5.97 Å². The summed E-state index contributed by atoms with van der Waals surface area (Å²) in [5.74, 6) is -1.66. The summed E-state index contributed by atoms with van der Waals surface area (Å²) >= 11 is 0. The number of aliphatic carboxylic acids is 1. The lowest BCUT2D eigenvalue weighted by Crippen LogP contribution is -2.40. The quantitative estimate of drug-likeness (QED) is 0.440. The summed E-state index contributed by atoms with van der Waals surface area (Å²) in [5.41, 5.74) is 8.00. The molecular formula is C17H20N4O3. The smallest absolute Gasteiger partial charge is 0.306 e. The lowest BCUT2D eigenvalue weighted by molar-refractivity contribution is -0.145. The summed E-state index contributed by atoms with van der Waals surface area (Å²) in [5, 5.41) is 21.1. The van der Waals surface area contributed by atoms with Crippen LogP contribution >= 0.6 is 0 Å². The number of nitrogens with one attached hydrogen (secondary N) is 1. The van der Waals surface area contributed by atoms with Crippen LogP contribution in [0.25, 0.3) is 0 Å². The van der Waals surface area contributed by atoms with Gasteiger partial charge in [-0.3, -0.25) is 9.59 Å². The van der Waals surface area contributed by atoms with E-state index in [1.165, 1.54) is 11.1 Å². The van der Waals surface area contributed by atoms with Gasteiger partial charge in [0.2, 0.25) is 0 Å². The minimum Gasteiger partial charge on any atom is -0.481 e. The fourth-order valence-corrected chi connectivity index (χ4v) is 2.61. The van der Waals surface area contributed by atoms with Crippen molar-refractivity contribution < 1.29 is 14.7 Å². The van der Waals surface area contributed by atoms with Crippen LogP contribution in [0.2, 0.25) is 0 Å². The molecule has 24 heavy (non-hydrogen) atoms. The van der Waals surface area contributed by atoms with E-state index in [-0.39, 0.29) is 5.57 Å². The first kappa shape index (κ1) is 17.3. The molecule has 1 aliphatic heterocycles. The number of nitrogens with zero attached hydrogens (tertiary/aromatic N) is 2. The number of carbonyl (C=O) groups excluding carboxylic acids is 1. The van der Waals surface area contributed by atoms with Crippen LogP contribution in [0.4, 0.5) is 11.4 Å². The number of nitriles is 1. The normalized spacial score (nSPS) is 15.7. The Labute approximate surface area is 140 Å². The Hall–Kier alpha value is -3.01. The summed E-state index contributed by atoms with van der Waals surface area (Å²) in [6.07, 6.45) is 2.14. The number of piperidine rings is 1. The number of carboxylic acid groups (broad SMARTS) is 1. The average Bonchev–Trinajstić information content (AvgIpc) is 2.57. The van der Waals surface area contributed by atoms with Gasteiger partial charge in [-0.25, -0.2) is 0 Å². The molecule has 1 heterocycles. The molecule has 1 fully saturated rings. The first-order valence-electron chi connectivity index (χ1n) is 7.67. The second-order valence-electron chi connectivity index (χ2n) is 5.81. The molecule has 0 bridgehead atoms. The Morgan fingerprint density at radius 2 is 2.08 bits per heavy atom. The van der Waals surface area contributed by atoms with Crippen molar-refractivity contribution in [3.8, 4) is 6.07 Å². The van der Waals surface area contributed by atoms with Crippen LogP contribution in [0.15, 0.2) is 30.0 Å². The lowest BCUT2D eigenvalue weighted by Gasteiger charge is -2.29. The Bertz CT molecular complexity index is 713. The van der Waals surface area contributed by atoms with Crippen molar-refractivity contribution in [1.29, 1.82) is 5.26 Å². The third-order valence-corrected chi connectivity index (χ3v) is 4.06. The number of amides is 1. The molecule has 0 aliphatic carbocycles. The zero-order chi connectivity index (χ0) is 17.7. The molecule has 1 aliphatic rings. The molecule has 1 saturated heterocycles. The molecule has 1 amide bonds. The third kappa shape index (κ3) is 4.04. The Balaban J connectivity index is 2.04. The van der Waals surface area contributed by atoms with Crippen molar-refractivity contribution in [2.24, 2.45) is 5.92 Å². The number of anilines is 2. The maximum atomic E-state index is 12.4. The number of carboxylic acids is 1. The van der Waals surface area contributed by atoms with Crippen LogP contribution in [0.1, 0.15) is 18.4 Å². The van der Waals surface area contributed by atoms with Crippen molar-refractivity contribution >= 4 is 23.3 Å². The SMILES string of the molecule is Cc1ccc(N/C=C(/C#N)C(=O)N2CCC(C(=O)O)CC2)c(N)c1. The van der Waals surface area contributed by atoms with Gasteiger partial charge in [-0.15, -0.1) is 0 Å². The van der Waals surface area contributed by atoms with E-state index in [9.17, 15) is 14.9 Å². The molecule has 2 rings (SSSR count). The van der Waals surface area contributed by atoms with E-state index >= 15 is 0 Å². The van der Waals surface area contributed by atoms with E-state index in [2.05, 4.69) is 5.32 Å². The minimum absolute atomic E-state index is 0.0382. The highest BCUT2D eigenvalue weighted by molar-refractivity contribution is 5.97. The highest BCUT2D eigenvalue weighted by atomic mass is 16.4. The van der Waals surface area contributed by atoms with Crippen molar-refractivity contribution in [2.75, 3.05) is 24.1 Å². The number of hydrogen-bond acceptors (Lipinski definition) is 5. The molecule has 0 spiro atoms. The van der Waals surface area contributed by atoms with Crippen LogP contribution in [0, 0.1) is 24.2 Å². The summed E-state index contributed by atoms with van der Waals surface area (Å²) in [4.78, 5) is 24.8. The molecule has 1 aromatic carbocycles. The molecule has 0 aromatic heterocycles. The highest BCUT2D eigenvalue weighted by Gasteiger charge is 2.28. The predicted octanol–water partition coefficient (Wildman–Crippen LogP) is 1.72. The van der Waals surface area contributed by atoms with Crippen molar-refractivity contribution in [3.63, 3.8) is 0 Å². The van der Waals surface area contributed by atoms with Gasteiger partial charge < -0.3 is 21.1 Å². The molecule has 7 nitrogen and oxygen atoms in total. The van der Waals surface area contributed by atoms with E-state index in [1.807, 2.05) is 19.1 Å². The van der Waals surface area contributed by atoms with Crippen LogP contribution in [0.5, 0.6) is 0 Å². The van der Waals surface area contributed by atoms with Gasteiger partial charge in [0.25, 0.3) is 5.91 Å². The van der Waals surface area contributed by atoms with E-state index in [4.69, 9.17) is 10.8 Å². The molecule has 0 radical (unpaired) electrons. The number of aryl methyl sites for hydroxylation is 1. The number of rotatable bonds is 4. The number of nitrogen functional groups attached to an aromatic ring is 1. The fourth-order valence-electron chi connectivity index (χ4n) is 2.61. The highest BCUT2D eigenvalue weighted by Crippen LogP contribution is 2.21. The summed E-state index contributed by atoms with van der Waals surface area (Å²) in [6.45, 7) is 2.59. The van der Waals surface area contributed by atoms with Gasteiger partial charge in [-0.1, -0.05) is 6.07 Å². The fraction of sp³-hybridized carbons (Fsp3) is 0.353. The first-order chi connectivity index (χ1) is 11.4. The maximum absolute atomic E-state index is 12.4. The summed E-state index contributed by atoms with van der Waals surface area (Å²) in [7, 11) is 0. The summed E-state index contributed by atoms with van der Waals surface area (Å²) < 4.78 is 0. The molecule has 126 valence electrons. The van der Waals surface area contributed by atoms with E-state index in [0.29, 0.717) is 37.3 Å². The third-order valence-electron chi connectivity index (χ3n) is 4.06. The number of benzene rings is 1. The van der Waals surface area contributed by atoms with Gasteiger partial charge in [-0.2, -0.15) is 5.26 Å².